The summed E-state index contributed by atoms with van der Waals surface area (Å²) in [5.74, 6) is -0.573. The lowest BCUT2D eigenvalue weighted by atomic mass is 9.95. The molecular weight excluding hydrogens is 292 g/mol. The van der Waals surface area contributed by atoms with Gasteiger partial charge in [-0.2, -0.15) is 0 Å². The van der Waals surface area contributed by atoms with E-state index in [9.17, 15) is 9.59 Å². The lowest BCUT2D eigenvalue weighted by Gasteiger charge is -2.16. The first-order chi connectivity index (χ1) is 11.1. The van der Waals surface area contributed by atoms with Gasteiger partial charge in [-0.1, -0.05) is 60.7 Å². The van der Waals surface area contributed by atoms with Crippen molar-refractivity contribution in [3.8, 4) is 0 Å². The van der Waals surface area contributed by atoms with Crippen LogP contribution < -0.4 is 11.1 Å². The van der Waals surface area contributed by atoms with Crippen LogP contribution in [0, 0.1) is 0 Å². The van der Waals surface area contributed by atoms with Gasteiger partial charge in [0.25, 0.3) is 0 Å². The highest BCUT2D eigenvalue weighted by Crippen LogP contribution is 2.18. The number of ether oxygens (including phenoxy) is 1. The first-order valence-corrected chi connectivity index (χ1v) is 7.43. The van der Waals surface area contributed by atoms with Gasteiger partial charge in [-0.25, -0.2) is 4.79 Å². The van der Waals surface area contributed by atoms with Crippen LogP contribution in [0.3, 0.4) is 0 Å². The second kappa shape index (κ2) is 8.58. The van der Waals surface area contributed by atoms with E-state index < -0.39 is 12.0 Å². The summed E-state index contributed by atoms with van der Waals surface area (Å²) in [5, 5.41) is 2.69. The maximum atomic E-state index is 11.8. The van der Waals surface area contributed by atoms with Gasteiger partial charge in [-0.15, -0.1) is 0 Å². The summed E-state index contributed by atoms with van der Waals surface area (Å²) in [4.78, 5) is 23.0. The highest BCUT2D eigenvalue weighted by Gasteiger charge is 2.16. The molecule has 5 heteroatoms. The standard InChI is InChI=1S/C18H20N2O3/c19-17(21)11-16(15-9-5-2-6-10-15)12-20-18(22)23-13-14-7-3-1-4-8-14/h1-10,16H,11-13H2,(H2,19,21)(H,20,22)/t16-/m1/s1. The predicted molar refractivity (Wildman–Crippen MR) is 87.6 cm³/mol. The highest BCUT2D eigenvalue weighted by atomic mass is 16.5. The molecule has 3 N–H and O–H groups in total. The molecule has 0 fully saturated rings. The first-order valence-electron chi connectivity index (χ1n) is 7.43. The maximum absolute atomic E-state index is 11.8. The van der Waals surface area contributed by atoms with Gasteiger partial charge in [-0.3, -0.25) is 4.79 Å². The van der Waals surface area contributed by atoms with Crippen LogP contribution in [0.2, 0.25) is 0 Å². The van der Waals surface area contributed by atoms with Gasteiger partial charge >= 0.3 is 6.09 Å². The van der Waals surface area contributed by atoms with Crippen LogP contribution in [0.1, 0.15) is 23.5 Å². The molecule has 2 aromatic carbocycles. The minimum absolute atomic E-state index is 0.169. The minimum Gasteiger partial charge on any atom is -0.445 e. The van der Waals surface area contributed by atoms with E-state index in [0.717, 1.165) is 11.1 Å². The Bertz CT molecular complexity index is 629. The molecule has 1 atom stereocenters. The fourth-order valence-corrected chi connectivity index (χ4v) is 2.26. The van der Waals surface area contributed by atoms with E-state index in [1.807, 2.05) is 60.7 Å². The van der Waals surface area contributed by atoms with Crippen molar-refractivity contribution >= 4 is 12.0 Å². The number of carbonyl (C=O) groups excluding carboxylic acids is 2. The zero-order valence-electron chi connectivity index (χ0n) is 12.8. The van der Waals surface area contributed by atoms with Gasteiger partial charge in [0.1, 0.15) is 6.61 Å². The third kappa shape index (κ3) is 5.82. The second-order valence-electron chi connectivity index (χ2n) is 5.22. The Labute approximate surface area is 135 Å². The number of primary amides is 1. The Morgan fingerprint density at radius 2 is 1.61 bits per heavy atom. The SMILES string of the molecule is NC(=O)C[C@H](CNC(=O)OCc1ccccc1)c1ccccc1. The van der Waals surface area contributed by atoms with E-state index in [1.165, 1.54) is 0 Å². The van der Waals surface area contributed by atoms with Crippen molar-refractivity contribution in [1.29, 1.82) is 0 Å². The van der Waals surface area contributed by atoms with Crippen LogP contribution in [0.4, 0.5) is 4.79 Å². The molecule has 120 valence electrons. The Morgan fingerprint density at radius 3 is 2.22 bits per heavy atom. The molecule has 0 bridgehead atoms. The average Bonchev–Trinajstić information content (AvgIpc) is 2.58. The lowest BCUT2D eigenvalue weighted by molar-refractivity contribution is -0.118. The molecular formula is C18H20N2O3. The van der Waals surface area contributed by atoms with Gasteiger partial charge in [0, 0.05) is 18.9 Å². The molecule has 0 saturated heterocycles. The van der Waals surface area contributed by atoms with Gasteiger partial charge in [0.15, 0.2) is 0 Å². The first kappa shape index (κ1) is 16.5. The number of hydrogen-bond acceptors (Lipinski definition) is 3. The number of amides is 2. The zero-order valence-corrected chi connectivity index (χ0v) is 12.8. The van der Waals surface area contributed by atoms with Crippen LogP contribution in [0.15, 0.2) is 60.7 Å². The van der Waals surface area contributed by atoms with E-state index in [0.29, 0.717) is 6.54 Å². The van der Waals surface area contributed by atoms with Crippen molar-refractivity contribution in [1.82, 2.24) is 5.32 Å². The molecule has 0 aliphatic heterocycles. The highest BCUT2D eigenvalue weighted by molar-refractivity contribution is 5.75. The van der Waals surface area contributed by atoms with E-state index >= 15 is 0 Å². The Morgan fingerprint density at radius 1 is 1.00 bits per heavy atom. The molecule has 0 unspecified atom stereocenters. The third-order valence-corrected chi connectivity index (χ3v) is 3.42. The topological polar surface area (TPSA) is 81.4 Å². The number of hydrogen-bond donors (Lipinski definition) is 2. The van der Waals surface area contributed by atoms with Crippen LogP contribution in [-0.4, -0.2) is 18.5 Å². The van der Waals surface area contributed by atoms with Crippen LogP contribution in [0.5, 0.6) is 0 Å². The largest absolute Gasteiger partial charge is 0.445 e. The number of rotatable bonds is 7. The number of benzene rings is 2. The zero-order chi connectivity index (χ0) is 16.5. The quantitative estimate of drug-likeness (QED) is 0.824. The van der Waals surface area contributed by atoms with Gasteiger partial charge in [0.05, 0.1) is 0 Å². The molecule has 5 nitrogen and oxygen atoms in total. The van der Waals surface area contributed by atoms with Gasteiger partial charge < -0.3 is 15.8 Å². The third-order valence-electron chi connectivity index (χ3n) is 3.42. The summed E-state index contributed by atoms with van der Waals surface area (Å²) in [6.07, 6.45) is -0.345. The van der Waals surface area contributed by atoms with Gasteiger partial charge in [-0.05, 0) is 11.1 Å². The minimum atomic E-state index is -0.515. The fraction of sp³-hybridized carbons (Fsp3) is 0.222. The molecule has 0 aromatic heterocycles. The molecule has 0 heterocycles. The van der Waals surface area contributed by atoms with E-state index in [-0.39, 0.29) is 18.9 Å². The van der Waals surface area contributed by atoms with E-state index in [4.69, 9.17) is 10.5 Å². The summed E-state index contributed by atoms with van der Waals surface area (Å²) in [5.41, 5.74) is 7.16. The normalized spacial score (nSPS) is 11.5. The average molecular weight is 312 g/mol. The van der Waals surface area contributed by atoms with Crippen molar-refractivity contribution in [2.75, 3.05) is 6.54 Å². The van der Waals surface area contributed by atoms with Crippen LogP contribution in [-0.2, 0) is 16.1 Å². The molecule has 0 spiro atoms. The van der Waals surface area contributed by atoms with E-state index in [2.05, 4.69) is 5.32 Å². The molecule has 2 amide bonds. The number of carbonyl (C=O) groups is 2. The smallest absolute Gasteiger partial charge is 0.407 e. The summed E-state index contributed by atoms with van der Waals surface area (Å²) in [6.45, 7) is 0.499. The number of nitrogens with one attached hydrogen (secondary N) is 1. The Hall–Kier alpha value is -2.82. The summed E-state index contributed by atoms with van der Waals surface area (Å²) >= 11 is 0. The van der Waals surface area contributed by atoms with Crippen LogP contribution >= 0.6 is 0 Å². The molecule has 2 rings (SSSR count). The van der Waals surface area contributed by atoms with Crippen molar-refractivity contribution in [3.05, 3.63) is 71.8 Å². The van der Waals surface area contributed by atoms with Crippen molar-refractivity contribution in [3.63, 3.8) is 0 Å². The van der Waals surface area contributed by atoms with E-state index in [1.54, 1.807) is 0 Å². The molecule has 0 aliphatic rings. The molecule has 2 aromatic rings. The number of alkyl carbamates (subject to hydrolysis) is 1. The lowest BCUT2D eigenvalue weighted by Crippen LogP contribution is -2.30. The van der Waals surface area contributed by atoms with Crippen molar-refractivity contribution in [2.45, 2.75) is 18.9 Å². The second-order valence-corrected chi connectivity index (χ2v) is 5.22. The fourth-order valence-electron chi connectivity index (χ4n) is 2.26. The van der Waals surface area contributed by atoms with Crippen molar-refractivity contribution in [2.24, 2.45) is 5.73 Å². The predicted octanol–water partition coefficient (Wildman–Crippen LogP) is 2.57. The molecule has 23 heavy (non-hydrogen) atoms. The monoisotopic (exact) mass is 312 g/mol. The number of nitrogens with two attached hydrogens (primary N) is 1. The Balaban J connectivity index is 1.85. The maximum Gasteiger partial charge on any atom is 0.407 e. The summed E-state index contributed by atoms with van der Waals surface area (Å²) < 4.78 is 5.15. The summed E-state index contributed by atoms with van der Waals surface area (Å²) in [6, 6.07) is 18.9. The Kier molecular flexibility index (Phi) is 6.17. The van der Waals surface area contributed by atoms with Crippen LogP contribution in [0.25, 0.3) is 0 Å². The molecule has 0 saturated carbocycles. The van der Waals surface area contributed by atoms with Gasteiger partial charge in [0.2, 0.25) is 5.91 Å². The summed E-state index contributed by atoms with van der Waals surface area (Å²) in [7, 11) is 0. The molecule has 0 aliphatic carbocycles. The van der Waals surface area contributed by atoms with Crippen molar-refractivity contribution < 1.29 is 14.3 Å². The molecule has 0 radical (unpaired) electrons.